The number of phosphoric acid groups is 1. The Bertz CT molecular complexity index is 3880. The van der Waals surface area contributed by atoms with Crippen LogP contribution in [0, 0.1) is 0 Å². The summed E-state index contributed by atoms with van der Waals surface area (Å²) in [5.74, 6) is -2.45. The third-order valence-electron chi connectivity index (χ3n) is 22.3. The molecular formula is C77H132N19O35P. The first kappa shape index (κ1) is 109. The highest BCUT2D eigenvalue weighted by molar-refractivity contribution is 7.47. The molecule has 55 heteroatoms. The zero-order valence-corrected chi connectivity index (χ0v) is 75.1. The number of hydrogen-bond acceptors (Lipinski definition) is 44. The second kappa shape index (κ2) is 55.3. The van der Waals surface area contributed by atoms with Gasteiger partial charge in [0.15, 0.2) is 31.5 Å². The molecule has 0 bridgehead atoms. The third kappa shape index (κ3) is 34.0. The van der Waals surface area contributed by atoms with Crippen LogP contribution in [0.5, 0.6) is 0 Å². The van der Waals surface area contributed by atoms with Crippen LogP contribution in [-0.4, -0.2) is 442 Å². The number of aliphatic hydroxyl groups excluding tert-OH is 13. The Morgan fingerprint density at radius 3 is 1.08 bits per heavy atom. The summed E-state index contributed by atoms with van der Waals surface area (Å²) in [6.07, 6.45) is -13.1. The van der Waals surface area contributed by atoms with Gasteiger partial charge in [0.25, 0.3) is 0 Å². The van der Waals surface area contributed by atoms with E-state index < -0.39 is 198 Å². The van der Waals surface area contributed by atoms with Gasteiger partial charge in [-0.2, -0.15) is 0 Å². The summed E-state index contributed by atoms with van der Waals surface area (Å²) in [4.78, 5) is 77.6. The predicted molar refractivity (Wildman–Crippen MR) is 443 cm³/mol. The number of unbranched alkanes of at least 4 members (excludes halogenated alkanes) is 4. The molecule has 5 aliphatic rings. The van der Waals surface area contributed by atoms with E-state index in [9.17, 15) is 100 Å². The Morgan fingerprint density at radius 1 is 0.447 bits per heavy atom. The molecule has 0 aromatic carbocycles. The van der Waals surface area contributed by atoms with Crippen LogP contribution in [0.25, 0.3) is 0 Å². The molecule has 4 aromatic rings. The number of ether oxygens (including phenoxy) is 12. The summed E-state index contributed by atoms with van der Waals surface area (Å²) in [7, 11) is -4.66. The summed E-state index contributed by atoms with van der Waals surface area (Å²) in [5.41, 5.74) is 0.354. The van der Waals surface area contributed by atoms with Crippen molar-refractivity contribution in [3.05, 3.63) is 47.6 Å². The van der Waals surface area contributed by atoms with E-state index in [2.05, 4.69) is 72.7 Å². The number of nitrogens with zero attached hydrogens (tertiary/aromatic N) is 14. The maximum absolute atomic E-state index is 15.2. The highest BCUT2D eigenvalue weighted by atomic mass is 31.2. The van der Waals surface area contributed by atoms with Gasteiger partial charge in [-0.3, -0.25) is 42.8 Å². The number of amides is 5. The minimum atomic E-state index is -4.66. The number of rotatable bonds is 62. The number of carbonyl (C=O) groups is 5. The van der Waals surface area contributed by atoms with E-state index in [1.807, 2.05) is 4.90 Å². The SMILES string of the molecule is CC(=O)N[C@H]1[C@H](OCCOCCn2cc(CN(CCCC[C@@H](C(=O)NCCCCCCOP(=O)(O)OC3(C(O)O)CCC3)N(Cc3cn(CCOCCO[C@@H]4O[C@H](CO)[C@H](O)[C@H](O)[C@H]4NC(C)=O)nn3)Cc3cn(CCOCCO[C@@H]4O[C@H](CO)[C@H](O)[C@H](O)[C@H]4NC(C)=O)nn3)Cc3cn(CCOCCO[C@@H]4O[C@H](CO)[C@H](O)[C@H](O)[C@H]4NC(C)=O)nn3)nn2)O[C@H](CO)[C@H](O)[C@@H]1O. The van der Waals surface area contributed by atoms with Crippen LogP contribution >= 0.6 is 7.82 Å². The van der Waals surface area contributed by atoms with Gasteiger partial charge in [0.1, 0.15) is 103 Å². The molecule has 20 N–H and O–H groups in total. The standard InChI is InChI=1S/C77H132N19O35P/c1-46(101)79-59-67(109)63(105)55(42-97)127-72(59)122-30-26-118-22-17-93-38-50(83-87-93)34-91(35-51-39-94(88-84-51)18-23-119-27-31-123-73-60(80-47(2)102)68(110)64(106)56(43-98)128-73)16-9-7-12-54(71(113)78-15-8-5-6-10-21-126-132(116,117)131-77(76(114)115)13-11-14-77)92(36-52-40-95(89-85-52)19-24-120-28-32-124-74-61(81-48(3)103)69(111)65(107)57(44-99)129-74)37-53-41-96(90-86-53)20-25-121-29-33-125-75-62(82-49(4)104)70(112)66(108)58(45-100)130-75/h38-41,54-70,72-76,97-100,105-112,114-115H,5-37,42-45H2,1-4H3,(H,78,113)(H,79,101)(H,80,102)(H,81,103)(H,82,104)(H,116,117)/t54-,55+,56+,57+,58+,59+,60+,61+,62+,63-,64-,65-,66-,67+,68+,69+,70+,72+,73+,74+,75+/m0/s1. The zero-order chi connectivity index (χ0) is 95.4. The quantitative estimate of drug-likeness (QED) is 0.0111. The second-order valence-corrected chi connectivity index (χ2v) is 34.0. The average Bonchev–Trinajstić information content (AvgIpc) is 1.13. The lowest BCUT2D eigenvalue weighted by atomic mass is 9.80. The molecule has 4 saturated heterocycles. The van der Waals surface area contributed by atoms with E-state index >= 15 is 4.79 Å². The summed E-state index contributed by atoms with van der Waals surface area (Å²) in [6, 6.07) is -5.55. The van der Waals surface area contributed by atoms with Gasteiger partial charge >= 0.3 is 7.82 Å². The van der Waals surface area contributed by atoms with E-state index in [0.717, 1.165) is 0 Å². The Labute approximate surface area is 759 Å². The van der Waals surface area contributed by atoms with Gasteiger partial charge in [-0.1, -0.05) is 40.1 Å². The van der Waals surface area contributed by atoms with Gasteiger partial charge in [-0.15, -0.1) is 20.4 Å². The topological polar surface area (TPSA) is 725 Å². The number of nitrogens with one attached hydrogen (secondary N) is 5. The molecule has 4 aliphatic heterocycles. The monoisotopic (exact) mass is 1910 g/mol. The minimum Gasteiger partial charge on any atom is -0.394 e. The van der Waals surface area contributed by atoms with Crippen molar-refractivity contribution in [1.82, 2.24) is 96.4 Å². The molecule has 0 radical (unpaired) electrons. The first-order valence-electron chi connectivity index (χ1n) is 44.0. The molecule has 5 amide bonds. The van der Waals surface area contributed by atoms with Gasteiger partial charge in [-0.05, 0) is 51.5 Å². The fraction of sp³-hybridized carbons (Fsp3) is 0.831. The molecule has 1 unspecified atom stereocenters. The average molecular weight is 1910 g/mol. The normalized spacial score (nSPS) is 27.4. The molecule has 4 aromatic heterocycles. The second-order valence-electron chi connectivity index (χ2n) is 32.6. The van der Waals surface area contributed by atoms with E-state index in [1.54, 1.807) is 34.2 Å². The van der Waals surface area contributed by atoms with E-state index in [0.29, 0.717) is 74.3 Å². The summed E-state index contributed by atoms with van der Waals surface area (Å²) < 4.78 is 98.8. The summed E-state index contributed by atoms with van der Waals surface area (Å²) in [5, 5.41) is 192. The molecule has 132 heavy (non-hydrogen) atoms. The largest absolute Gasteiger partial charge is 0.472 e. The molecule has 54 nitrogen and oxygen atoms in total. The molecule has 9 rings (SSSR count). The highest BCUT2D eigenvalue weighted by Gasteiger charge is 2.52. The first-order chi connectivity index (χ1) is 63.3. The van der Waals surface area contributed by atoms with Crippen LogP contribution in [0.4, 0.5) is 0 Å². The molecular weight excluding hydrogens is 1780 g/mol. The van der Waals surface area contributed by atoms with Crippen molar-refractivity contribution in [3.8, 4) is 0 Å². The fourth-order valence-corrected chi connectivity index (χ4v) is 16.4. The van der Waals surface area contributed by atoms with Crippen LogP contribution in [0.1, 0.15) is 115 Å². The Kier molecular flexibility index (Phi) is 45.5. The van der Waals surface area contributed by atoms with Crippen molar-refractivity contribution in [3.63, 3.8) is 0 Å². The smallest absolute Gasteiger partial charge is 0.394 e. The van der Waals surface area contributed by atoms with Crippen LogP contribution in [0.3, 0.4) is 0 Å². The van der Waals surface area contributed by atoms with Gasteiger partial charge < -0.3 is 160 Å². The summed E-state index contributed by atoms with van der Waals surface area (Å²) in [6.45, 7) is 4.17. The maximum atomic E-state index is 15.2. The lowest BCUT2D eigenvalue weighted by Crippen LogP contribution is -2.64. The molecule has 5 fully saturated rings. The van der Waals surface area contributed by atoms with E-state index in [-0.39, 0.29) is 170 Å². The van der Waals surface area contributed by atoms with Crippen molar-refractivity contribution < 1.29 is 171 Å². The molecule has 8 heterocycles. The molecule has 22 atom stereocenters. The Balaban J connectivity index is 0.895. The highest BCUT2D eigenvalue weighted by Crippen LogP contribution is 2.54. The van der Waals surface area contributed by atoms with Crippen molar-refractivity contribution in [2.45, 2.75) is 285 Å². The van der Waals surface area contributed by atoms with Gasteiger partial charge in [0.2, 0.25) is 29.5 Å². The lowest BCUT2D eigenvalue weighted by Gasteiger charge is -2.42. The first-order valence-corrected chi connectivity index (χ1v) is 45.5. The number of phosphoric ester groups is 1. The molecule has 0 spiro atoms. The Morgan fingerprint density at radius 2 is 0.773 bits per heavy atom. The van der Waals surface area contributed by atoms with Crippen molar-refractivity contribution in [1.29, 1.82) is 0 Å². The van der Waals surface area contributed by atoms with Crippen LogP contribution in [-0.2, 0) is 147 Å². The molecule has 750 valence electrons. The third-order valence-corrected chi connectivity index (χ3v) is 23.4. The number of hydrogen-bond donors (Lipinski definition) is 20. The van der Waals surface area contributed by atoms with Crippen LogP contribution < -0.4 is 26.6 Å². The van der Waals surface area contributed by atoms with Gasteiger partial charge in [0.05, 0.1) is 167 Å². The zero-order valence-electron chi connectivity index (χ0n) is 74.3. The summed E-state index contributed by atoms with van der Waals surface area (Å²) >= 11 is 0. The number of aromatic nitrogens is 12. The van der Waals surface area contributed by atoms with Gasteiger partial charge in [0, 0.05) is 85.2 Å². The fourth-order valence-electron chi connectivity index (χ4n) is 15.3. The number of carbonyl (C=O) groups excluding carboxylic acids is 5. The predicted octanol–water partition coefficient (Wildman–Crippen LogP) is -9.75. The van der Waals surface area contributed by atoms with Gasteiger partial charge in [-0.25, -0.2) is 23.3 Å². The van der Waals surface area contributed by atoms with Crippen molar-refractivity contribution >= 4 is 37.4 Å². The van der Waals surface area contributed by atoms with E-state index in [1.165, 1.54) is 37.1 Å². The van der Waals surface area contributed by atoms with Crippen molar-refractivity contribution in [2.75, 3.05) is 125 Å². The van der Waals surface area contributed by atoms with E-state index in [4.69, 9.17) is 65.9 Å². The Hall–Kier alpha value is -7.10. The van der Waals surface area contributed by atoms with Crippen molar-refractivity contribution in [2.24, 2.45) is 0 Å². The van der Waals surface area contributed by atoms with Crippen LogP contribution in [0.2, 0.25) is 0 Å². The minimum absolute atomic E-state index is 0.00813. The van der Waals surface area contributed by atoms with Crippen LogP contribution in [0.15, 0.2) is 24.8 Å². The maximum Gasteiger partial charge on any atom is 0.472 e. The number of aliphatic hydroxyl groups is 14. The molecule has 1 saturated carbocycles. The molecule has 1 aliphatic carbocycles. The lowest BCUT2D eigenvalue weighted by molar-refractivity contribution is -0.272.